The summed E-state index contributed by atoms with van der Waals surface area (Å²) in [7, 11) is 1.39. The number of fused-ring (bicyclic) bond motifs is 1. The largest absolute Gasteiger partial charge is 0.465 e. The van der Waals surface area contributed by atoms with Crippen LogP contribution in [-0.2, 0) is 11.2 Å². The Morgan fingerprint density at radius 3 is 2.94 bits per heavy atom. The van der Waals surface area contributed by atoms with Gasteiger partial charge in [0.1, 0.15) is 0 Å². The number of ether oxygens (including phenoxy) is 1. The van der Waals surface area contributed by atoms with E-state index in [9.17, 15) is 4.79 Å². The van der Waals surface area contributed by atoms with Crippen molar-refractivity contribution in [3.63, 3.8) is 0 Å². The molecule has 0 radical (unpaired) electrons. The Morgan fingerprint density at radius 1 is 1.39 bits per heavy atom. The van der Waals surface area contributed by atoms with Crippen LogP contribution in [0, 0.1) is 0 Å². The van der Waals surface area contributed by atoms with Gasteiger partial charge < -0.3 is 9.72 Å². The number of alkyl halides is 1. The number of methoxy groups -OCH3 is 1. The van der Waals surface area contributed by atoms with Gasteiger partial charge in [0, 0.05) is 23.0 Å². The van der Waals surface area contributed by atoms with E-state index < -0.39 is 0 Å². The van der Waals surface area contributed by atoms with Gasteiger partial charge in [0.05, 0.1) is 12.7 Å². The number of aromatic amines is 1. The monoisotopic (exact) mass is 265 g/mol. The van der Waals surface area contributed by atoms with E-state index in [-0.39, 0.29) is 5.97 Å². The van der Waals surface area contributed by atoms with Crippen LogP contribution in [0.15, 0.2) is 24.4 Å². The summed E-state index contributed by atoms with van der Waals surface area (Å²) in [6.07, 6.45) is 5.11. The molecule has 0 aliphatic carbocycles. The molecule has 1 aromatic heterocycles. The third kappa shape index (κ3) is 2.67. The average molecular weight is 266 g/mol. The number of halogens is 1. The molecular formula is C14H16ClNO2. The predicted octanol–water partition coefficient (Wildman–Crippen LogP) is 3.52. The van der Waals surface area contributed by atoms with E-state index in [1.807, 2.05) is 18.3 Å². The van der Waals surface area contributed by atoms with Crippen LogP contribution in [0.4, 0.5) is 0 Å². The van der Waals surface area contributed by atoms with Gasteiger partial charge in [-0.15, -0.1) is 11.6 Å². The van der Waals surface area contributed by atoms with Gasteiger partial charge in [-0.1, -0.05) is 6.07 Å². The van der Waals surface area contributed by atoms with Crippen LogP contribution in [0.2, 0.25) is 0 Å². The molecule has 96 valence electrons. The number of rotatable bonds is 5. The van der Waals surface area contributed by atoms with Crippen molar-refractivity contribution in [2.45, 2.75) is 19.3 Å². The molecular weight excluding hydrogens is 250 g/mol. The minimum atomic E-state index is -0.310. The molecule has 0 bridgehead atoms. The highest BCUT2D eigenvalue weighted by molar-refractivity contribution is 6.17. The van der Waals surface area contributed by atoms with Crippen molar-refractivity contribution >= 4 is 28.5 Å². The smallest absolute Gasteiger partial charge is 0.337 e. The van der Waals surface area contributed by atoms with Crippen molar-refractivity contribution in [1.29, 1.82) is 0 Å². The molecule has 0 unspecified atom stereocenters. The van der Waals surface area contributed by atoms with Crippen molar-refractivity contribution in [3.05, 3.63) is 35.5 Å². The Kier molecular flexibility index (Phi) is 4.26. The summed E-state index contributed by atoms with van der Waals surface area (Å²) < 4.78 is 4.70. The molecule has 4 heteroatoms. The fraction of sp³-hybridized carbons (Fsp3) is 0.357. The van der Waals surface area contributed by atoms with E-state index in [2.05, 4.69) is 4.98 Å². The van der Waals surface area contributed by atoms with Crippen LogP contribution in [-0.4, -0.2) is 23.9 Å². The lowest BCUT2D eigenvalue weighted by molar-refractivity contribution is 0.0601. The van der Waals surface area contributed by atoms with Crippen molar-refractivity contribution in [1.82, 2.24) is 4.98 Å². The second-order valence-corrected chi connectivity index (χ2v) is 4.59. The van der Waals surface area contributed by atoms with Gasteiger partial charge >= 0.3 is 5.97 Å². The number of carbonyl (C=O) groups excluding carboxylic acids is 1. The second-order valence-electron chi connectivity index (χ2n) is 4.21. The first kappa shape index (κ1) is 13.0. The van der Waals surface area contributed by atoms with Gasteiger partial charge in [-0.3, -0.25) is 0 Å². The lowest BCUT2D eigenvalue weighted by atomic mass is 10.1. The maximum Gasteiger partial charge on any atom is 0.337 e. The van der Waals surface area contributed by atoms with Gasteiger partial charge in [0.2, 0.25) is 0 Å². The Bertz CT molecular complexity index is 548. The Hall–Kier alpha value is -1.48. The van der Waals surface area contributed by atoms with E-state index in [1.165, 1.54) is 12.7 Å². The molecule has 0 atom stereocenters. The fourth-order valence-electron chi connectivity index (χ4n) is 2.05. The Morgan fingerprint density at radius 2 is 2.22 bits per heavy atom. The highest BCUT2D eigenvalue weighted by Gasteiger charge is 2.09. The minimum absolute atomic E-state index is 0.310. The van der Waals surface area contributed by atoms with Gasteiger partial charge in [-0.05, 0) is 37.0 Å². The molecule has 0 fully saturated rings. The van der Waals surface area contributed by atoms with E-state index in [0.29, 0.717) is 11.4 Å². The Balaban J connectivity index is 2.23. The zero-order chi connectivity index (χ0) is 13.0. The maximum atomic E-state index is 11.4. The Labute approximate surface area is 111 Å². The molecule has 0 spiro atoms. The summed E-state index contributed by atoms with van der Waals surface area (Å²) in [4.78, 5) is 14.6. The number of aromatic nitrogens is 1. The normalized spacial score (nSPS) is 10.8. The zero-order valence-corrected chi connectivity index (χ0v) is 11.1. The SMILES string of the molecule is COC(=O)c1ccc2c(CCCCCl)c[nH]c2c1. The molecule has 0 saturated heterocycles. The third-order valence-corrected chi connectivity index (χ3v) is 3.29. The zero-order valence-electron chi connectivity index (χ0n) is 10.3. The summed E-state index contributed by atoms with van der Waals surface area (Å²) >= 11 is 5.67. The molecule has 2 rings (SSSR count). The van der Waals surface area contributed by atoms with Crippen LogP contribution in [0.3, 0.4) is 0 Å². The quantitative estimate of drug-likeness (QED) is 0.511. The van der Waals surface area contributed by atoms with E-state index in [0.717, 1.165) is 30.2 Å². The van der Waals surface area contributed by atoms with E-state index >= 15 is 0 Å². The van der Waals surface area contributed by atoms with Crippen LogP contribution in [0.1, 0.15) is 28.8 Å². The number of carbonyl (C=O) groups is 1. The number of H-pyrrole nitrogens is 1. The first-order chi connectivity index (χ1) is 8.76. The van der Waals surface area contributed by atoms with Crippen molar-refractivity contribution < 1.29 is 9.53 Å². The lowest BCUT2D eigenvalue weighted by Crippen LogP contribution is -2.00. The maximum absolute atomic E-state index is 11.4. The number of esters is 1. The van der Waals surface area contributed by atoms with Gasteiger partial charge in [0.15, 0.2) is 0 Å². The molecule has 18 heavy (non-hydrogen) atoms. The number of hydrogen-bond donors (Lipinski definition) is 1. The number of nitrogens with one attached hydrogen (secondary N) is 1. The highest BCUT2D eigenvalue weighted by atomic mass is 35.5. The van der Waals surface area contributed by atoms with Crippen LogP contribution in [0.25, 0.3) is 10.9 Å². The second kappa shape index (κ2) is 5.91. The summed E-state index contributed by atoms with van der Waals surface area (Å²) in [5, 5.41) is 1.16. The molecule has 1 aromatic carbocycles. The van der Waals surface area contributed by atoms with Crippen molar-refractivity contribution in [3.8, 4) is 0 Å². The predicted molar refractivity (Wildman–Crippen MR) is 73.3 cm³/mol. The van der Waals surface area contributed by atoms with Crippen molar-refractivity contribution in [2.24, 2.45) is 0 Å². The summed E-state index contributed by atoms with van der Waals surface area (Å²) in [5.41, 5.74) is 2.81. The molecule has 0 amide bonds. The molecule has 0 saturated carbocycles. The first-order valence-electron chi connectivity index (χ1n) is 6.00. The molecule has 1 heterocycles. The minimum Gasteiger partial charge on any atom is -0.465 e. The van der Waals surface area contributed by atoms with Crippen molar-refractivity contribution in [2.75, 3.05) is 13.0 Å². The highest BCUT2D eigenvalue weighted by Crippen LogP contribution is 2.21. The molecule has 0 aliphatic rings. The number of benzene rings is 1. The van der Waals surface area contributed by atoms with Gasteiger partial charge in [0.25, 0.3) is 0 Å². The standard InChI is InChI=1S/C14H16ClNO2/c1-18-14(17)10-5-6-12-11(4-2-3-7-15)9-16-13(12)8-10/h5-6,8-9,16H,2-4,7H2,1H3. The molecule has 3 nitrogen and oxygen atoms in total. The summed E-state index contributed by atoms with van der Waals surface area (Å²) in [6.45, 7) is 0. The molecule has 0 aliphatic heterocycles. The lowest BCUT2D eigenvalue weighted by Gasteiger charge is -2.01. The van der Waals surface area contributed by atoms with E-state index in [1.54, 1.807) is 6.07 Å². The topological polar surface area (TPSA) is 42.1 Å². The van der Waals surface area contributed by atoms with Gasteiger partial charge in [-0.2, -0.15) is 0 Å². The summed E-state index contributed by atoms with van der Waals surface area (Å²) in [6, 6.07) is 5.59. The van der Waals surface area contributed by atoms with Gasteiger partial charge in [-0.25, -0.2) is 4.79 Å². The molecule has 1 N–H and O–H groups in total. The van der Waals surface area contributed by atoms with E-state index in [4.69, 9.17) is 16.3 Å². The number of aryl methyl sites for hydroxylation is 1. The average Bonchev–Trinajstić information content (AvgIpc) is 2.80. The molecule has 2 aromatic rings. The fourth-order valence-corrected chi connectivity index (χ4v) is 2.24. The van der Waals surface area contributed by atoms with Crippen LogP contribution >= 0.6 is 11.6 Å². The van der Waals surface area contributed by atoms with Crippen LogP contribution in [0.5, 0.6) is 0 Å². The van der Waals surface area contributed by atoms with Crippen LogP contribution < -0.4 is 0 Å². The number of unbranched alkanes of at least 4 members (excludes halogenated alkanes) is 1. The third-order valence-electron chi connectivity index (χ3n) is 3.02. The number of hydrogen-bond acceptors (Lipinski definition) is 2. The summed E-state index contributed by atoms with van der Waals surface area (Å²) in [5.74, 6) is 0.393. The first-order valence-corrected chi connectivity index (χ1v) is 6.54.